The van der Waals surface area contributed by atoms with Crippen LogP contribution in [0, 0.1) is 6.92 Å². The number of likely N-dealkylation sites (tertiary alicyclic amines) is 1. The molecule has 2 aliphatic rings. The molecule has 2 aromatic rings. The van der Waals surface area contributed by atoms with E-state index in [2.05, 4.69) is 40.5 Å². The lowest BCUT2D eigenvalue weighted by atomic mass is 10.0. The number of hydrogen-bond donors (Lipinski definition) is 1. The van der Waals surface area contributed by atoms with Crippen molar-refractivity contribution in [3.63, 3.8) is 0 Å². The van der Waals surface area contributed by atoms with Crippen molar-refractivity contribution >= 4 is 5.91 Å². The van der Waals surface area contributed by atoms with Crippen molar-refractivity contribution in [2.45, 2.75) is 44.7 Å². The first-order valence-corrected chi connectivity index (χ1v) is 8.74. The molecule has 126 valence electrons. The van der Waals surface area contributed by atoms with Gasteiger partial charge in [-0.3, -0.25) is 9.69 Å². The lowest BCUT2D eigenvalue weighted by molar-refractivity contribution is -0.119. The first kappa shape index (κ1) is 15.5. The third kappa shape index (κ3) is 2.86. The van der Waals surface area contributed by atoms with Gasteiger partial charge < -0.3 is 9.73 Å². The quantitative estimate of drug-likeness (QED) is 0.944. The fourth-order valence-corrected chi connectivity index (χ4v) is 4.27. The van der Waals surface area contributed by atoms with Crippen LogP contribution in [-0.4, -0.2) is 36.0 Å². The number of carbonyl (C=O) groups is 1. The number of carbonyl (C=O) groups excluding carboxylic acids is 1. The summed E-state index contributed by atoms with van der Waals surface area (Å²) in [7, 11) is 0. The third-order valence-electron chi connectivity index (χ3n) is 5.41. The Bertz CT molecular complexity index is 727. The van der Waals surface area contributed by atoms with Crippen molar-refractivity contribution < 1.29 is 9.21 Å². The van der Waals surface area contributed by atoms with Gasteiger partial charge in [0.2, 0.25) is 5.91 Å². The predicted octanol–water partition coefficient (Wildman–Crippen LogP) is 2.66. The highest BCUT2D eigenvalue weighted by Gasteiger charge is 2.40. The zero-order chi connectivity index (χ0) is 16.7. The van der Waals surface area contributed by atoms with Gasteiger partial charge in [0.05, 0.1) is 12.0 Å². The van der Waals surface area contributed by atoms with Gasteiger partial charge in [0, 0.05) is 26.1 Å². The molecule has 0 unspecified atom stereocenters. The van der Waals surface area contributed by atoms with Crippen molar-refractivity contribution in [3.8, 4) is 0 Å². The van der Waals surface area contributed by atoms with E-state index in [1.165, 1.54) is 11.1 Å². The number of benzene rings is 1. The van der Waals surface area contributed by atoms with E-state index in [-0.39, 0.29) is 17.9 Å². The molecule has 1 aliphatic carbocycles. The fraction of sp³-hybridized carbons (Fsp3) is 0.450. The number of rotatable bonds is 3. The molecular weight excluding hydrogens is 300 g/mol. The first-order valence-electron chi connectivity index (χ1n) is 8.74. The summed E-state index contributed by atoms with van der Waals surface area (Å²) < 4.78 is 5.87. The van der Waals surface area contributed by atoms with E-state index in [1.54, 1.807) is 6.92 Å². The number of nitrogens with one attached hydrogen (secondary N) is 1. The molecule has 1 N–H and O–H groups in total. The van der Waals surface area contributed by atoms with Gasteiger partial charge in [-0.15, -0.1) is 0 Å². The van der Waals surface area contributed by atoms with Crippen molar-refractivity contribution in [2.24, 2.45) is 0 Å². The Morgan fingerprint density at radius 3 is 2.42 bits per heavy atom. The Balaban J connectivity index is 1.53. The van der Waals surface area contributed by atoms with Gasteiger partial charge in [-0.2, -0.15) is 0 Å². The minimum absolute atomic E-state index is 0.0323. The van der Waals surface area contributed by atoms with Gasteiger partial charge in [0.25, 0.3) is 0 Å². The van der Waals surface area contributed by atoms with Crippen molar-refractivity contribution in [1.29, 1.82) is 0 Å². The summed E-state index contributed by atoms with van der Waals surface area (Å²) in [4.78, 5) is 14.2. The van der Waals surface area contributed by atoms with Gasteiger partial charge in [0.15, 0.2) is 0 Å². The summed E-state index contributed by atoms with van der Waals surface area (Å²) in [5.74, 6) is 2.18. The first-order chi connectivity index (χ1) is 11.6. The van der Waals surface area contributed by atoms with Crippen LogP contribution in [0.3, 0.4) is 0 Å². The standard InChI is InChI=1S/C20H24N2O2/c1-13-7-8-20(24-13)18-11-22(12-19(18)21-14(2)23)17-9-15-5-3-4-6-16(15)10-17/h3-8,17-19H,9-12H2,1-2H3,(H,21,23)/t18-,19-/m1/s1. The molecule has 1 saturated heterocycles. The molecule has 0 bridgehead atoms. The number of nitrogens with zero attached hydrogens (tertiary/aromatic N) is 1. The number of amides is 1. The van der Waals surface area contributed by atoms with Gasteiger partial charge in [-0.1, -0.05) is 24.3 Å². The number of hydrogen-bond acceptors (Lipinski definition) is 3. The highest BCUT2D eigenvalue weighted by atomic mass is 16.3. The van der Waals surface area contributed by atoms with E-state index in [0.29, 0.717) is 6.04 Å². The van der Waals surface area contributed by atoms with Crippen LogP contribution in [0.25, 0.3) is 0 Å². The van der Waals surface area contributed by atoms with E-state index in [0.717, 1.165) is 37.5 Å². The summed E-state index contributed by atoms with van der Waals surface area (Å²) >= 11 is 0. The smallest absolute Gasteiger partial charge is 0.217 e. The Labute approximate surface area is 142 Å². The van der Waals surface area contributed by atoms with Crippen LogP contribution in [0.15, 0.2) is 40.8 Å². The summed E-state index contributed by atoms with van der Waals surface area (Å²) in [5.41, 5.74) is 2.94. The van der Waals surface area contributed by atoms with E-state index >= 15 is 0 Å². The number of aryl methyl sites for hydroxylation is 1. The molecule has 1 amide bonds. The Morgan fingerprint density at radius 2 is 1.83 bits per heavy atom. The third-order valence-corrected chi connectivity index (χ3v) is 5.41. The summed E-state index contributed by atoms with van der Waals surface area (Å²) in [6.07, 6.45) is 2.21. The monoisotopic (exact) mass is 324 g/mol. The van der Waals surface area contributed by atoms with Gasteiger partial charge in [-0.25, -0.2) is 0 Å². The van der Waals surface area contributed by atoms with Crippen molar-refractivity contribution in [2.75, 3.05) is 13.1 Å². The Morgan fingerprint density at radius 1 is 1.12 bits per heavy atom. The predicted molar refractivity (Wildman–Crippen MR) is 93.0 cm³/mol. The van der Waals surface area contributed by atoms with E-state index in [9.17, 15) is 4.79 Å². The molecule has 24 heavy (non-hydrogen) atoms. The largest absolute Gasteiger partial charge is 0.466 e. The van der Waals surface area contributed by atoms with Crippen LogP contribution in [-0.2, 0) is 17.6 Å². The summed E-state index contributed by atoms with van der Waals surface area (Å²) in [5, 5.41) is 3.13. The zero-order valence-electron chi connectivity index (χ0n) is 14.3. The fourth-order valence-electron chi connectivity index (χ4n) is 4.27. The Hall–Kier alpha value is -2.07. The summed E-state index contributed by atoms with van der Waals surface area (Å²) in [6, 6.07) is 13.4. The maximum Gasteiger partial charge on any atom is 0.217 e. The van der Waals surface area contributed by atoms with Crippen LogP contribution >= 0.6 is 0 Å². The molecule has 0 spiro atoms. The SMILES string of the molecule is CC(=O)N[C@@H]1CN(C2Cc3ccccc3C2)C[C@H]1c1ccc(C)o1. The van der Waals surface area contributed by atoms with Gasteiger partial charge in [-0.05, 0) is 43.0 Å². The molecule has 4 nitrogen and oxygen atoms in total. The maximum absolute atomic E-state index is 11.6. The topological polar surface area (TPSA) is 45.5 Å². The molecule has 2 atom stereocenters. The van der Waals surface area contributed by atoms with Gasteiger partial charge >= 0.3 is 0 Å². The molecule has 1 aliphatic heterocycles. The van der Waals surface area contributed by atoms with E-state index < -0.39 is 0 Å². The molecular formula is C20H24N2O2. The second-order valence-electron chi connectivity index (χ2n) is 7.15. The zero-order valence-corrected chi connectivity index (χ0v) is 14.3. The maximum atomic E-state index is 11.6. The normalized spacial score (nSPS) is 24.2. The minimum Gasteiger partial charge on any atom is -0.466 e. The second kappa shape index (κ2) is 6.10. The second-order valence-corrected chi connectivity index (χ2v) is 7.15. The van der Waals surface area contributed by atoms with Crippen LogP contribution < -0.4 is 5.32 Å². The molecule has 4 heteroatoms. The van der Waals surface area contributed by atoms with Crippen LogP contribution in [0.5, 0.6) is 0 Å². The highest BCUT2D eigenvalue weighted by Crippen LogP contribution is 2.34. The molecule has 1 aromatic carbocycles. The van der Waals surface area contributed by atoms with Gasteiger partial charge in [0.1, 0.15) is 11.5 Å². The minimum atomic E-state index is 0.0323. The highest BCUT2D eigenvalue weighted by molar-refractivity contribution is 5.73. The van der Waals surface area contributed by atoms with E-state index in [4.69, 9.17) is 4.42 Å². The van der Waals surface area contributed by atoms with Crippen LogP contribution in [0.2, 0.25) is 0 Å². The van der Waals surface area contributed by atoms with Crippen LogP contribution in [0.1, 0.15) is 35.5 Å². The van der Waals surface area contributed by atoms with Crippen molar-refractivity contribution in [3.05, 3.63) is 59.0 Å². The summed E-state index contributed by atoms with van der Waals surface area (Å²) in [6.45, 7) is 5.40. The lowest BCUT2D eigenvalue weighted by Crippen LogP contribution is -2.40. The average Bonchev–Trinajstić information content (AvgIpc) is 3.23. The number of furan rings is 1. The Kier molecular flexibility index (Phi) is 3.93. The molecule has 4 rings (SSSR count). The lowest BCUT2D eigenvalue weighted by Gasteiger charge is -2.23. The molecule has 1 aromatic heterocycles. The molecule has 2 heterocycles. The van der Waals surface area contributed by atoms with E-state index in [1.807, 2.05) is 13.0 Å². The molecule has 0 saturated carbocycles. The molecule has 0 radical (unpaired) electrons. The number of fused-ring (bicyclic) bond motifs is 1. The van der Waals surface area contributed by atoms with Crippen LogP contribution in [0.4, 0.5) is 0 Å². The molecule has 1 fully saturated rings. The van der Waals surface area contributed by atoms with Crippen molar-refractivity contribution in [1.82, 2.24) is 10.2 Å². The average molecular weight is 324 g/mol.